The van der Waals surface area contributed by atoms with Crippen molar-refractivity contribution in [2.75, 3.05) is 36.3 Å². The van der Waals surface area contributed by atoms with Gasteiger partial charge >= 0.3 is 29.6 Å². The Kier molecular flexibility index (Phi) is 7.64. The number of hydrogen-bond donors (Lipinski definition) is 1. The quantitative estimate of drug-likeness (QED) is 0.570. The van der Waals surface area contributed by atoms with E-state index in [4.69, 9.17) is 0 Å². The van der Waals surface area contributed by atoms with Gasteiger partial charge in [0.1, 0.15) is 0 Å². The van der Waals surface area contributed by atoms with E-state index in [2.05, 4.69) is 26.1 Å². The molecule has 0 radical (unpaired) electrons. The average Bonchev–Trinajstić information content (AvgIpc) is 3.53. The minimum absolute atomic E-state index is 0. The molecule has 9 nitrogen and oxygen atoms in total. The van der Waals surface area contributed by atoms with Crippen LogP contribution in [0.1, 0.15) is 41.5 Å². The van der Waals surface area contributed by atoms with Gasteiger partial charge in [0.05, 0.1) is 11.9 Å². The first-order chi connectivity index (χ1) is 15.8. The maximum Gasteiger partial charge on any atom is 1.00 e. The van der Waals surface area contributed by atoms with Crippen molar-refractivity contribution in [3.63, 3.8) is 0 Å². The molecule has 178 valence electrons. The molecule has 1 atom stereocenters. The first-order valence-electron chi connectivity index (χ1n) is 11.7. The maximum atomic E-state index is 13.3. The van der Waals surface area contributed by atoms with Gasteiger partial charge in [0, 0.05) is 26.3 Å². The number of likely N-dealkylation sites (tertiary alicyclic amines) is 1. The first kappa shape index (κ1) is 25.5. The predicted octanol–water partition coefficient (Wildman–Crippen LogP) is 0.0102. The summed E-state index contributed by atoms with van der Waals surface area (Å²) in [6.45, 7) is 2.00. The van der Waals surface area contributed by atoms with Crippen molar-refractivity contribution in [1.82, 2.24) is 14.7 Å². The summed E-state index contributed by atoms with van der Waals surface area (Å²) in [6, 6.07) is 1.44. The topological polar surface area (TPSA) is 102 Å². The second kappa shape index (κ2) is 10.2. The Morgan fingerprint density at radius 1 is 1.18 bits per heavy atom. The van der Waals surface area contributed by atoms with E-state index in [-0.39, 0.29) is 42.0 Å². The number of hydrogen-bond acceptors (Lipinski definition) is 5. The number of amides is 2. The van der Waals surface area contributed by atoms with Crippen LogP contribution in [0.2, 0.25) is 0 Å². The zero-order valence-electron chi connectivity index (χ0n) is 20.2. The van der Waals surface area contributed by atoms with Crippen LogP contribution in [-0.4, -0.2) is 55.8 Å². The van der Waals surface area contributed by atoms with Gasteiger partial charge in [-0.1, -0.05) is 6.07 Å². The molecule has 0 bridgehead atoms. The summed E-state index contributed by atoms with van der Waals surface area (Å²) in [5.41, 5.74) is 6.06. The molecular weight excluding hydrogens is 463 g/mol. The van der Waals surface area contributed by atoms with Gasteiger partial charge < -0.3 is 14.9 Å². The van der Waals surface area contributed by atoms with Crippen molar-refractivity contribution in [1.29, 1.82) is 0 Å². The number of anilines is 2. The Balaban J connectivity index is 0.00000274. The van der Waals surface area contributed by atoms with Crippen molar-refractivity contribution >= 4 is 27.6 Å². The largest absolute Gasteiger partial charge is 1.00 e. The number of nitrogens with one attached hydrogen (secondary N) is 1. The van der Waals surface area contributed by atoms with E-state index in [1.165, 1.54) is 21.6 Å². The van der Waals surface area contributed by atoms with Crippen LogP contribution in [0.4, 0.5) is 16.2 Å². The fourth-order valence-electron chi connectivity index (χ4n) is 5.53. The Hall–Kier alpha value is -1.59. The van der Waals surface area contributed by atoms with Crippen LogP contribution in [0.5, 0.6) is 0 Å². The van der Waals surface area contributed by atoms with Gasteiger partial charge in [-0.3, -0.25) is 13.8 Å². The van der Waals surface area contributed by atoms with Crippen molar-refractivity contribution in [2.45, 2.75) is 44.9 Å². The second-order valence-corrected chi connectivity index (χ2v) is 11.1. The van der Waals surface area contributed by atoms with Crippen LogP contribution < -0.4 is 39.2 Å². The van der Waals surface area contributed by atoms with Crippen LogP contribution >= 0.6 is 0 Å². The molecule has 1 aromatic carbocycles. The molecule has 3 aliphatic rings. The molecule has 5 rings (SSSR count). The number of nitrogens with zero attached hydrogens (tertiary/aromatic N) is 5. The number of benzene rings is 1. The molecule has 1 aliphatic heterocycles. The summed E-state index contributed by atoms with van der Waals surface area (Å²) in [5, 5.41) is 6.99. The zero-order chi connectivity index (χ0) is 23.2. The summed E-state index contributed by atoms with van der Waals surface area (Å²) in [4.78, 5) is 15.1. The zero-order valence-corrected chi connectivity index (χ0v) is 23.1. The van der Waals surface area contributed by atoms with Crippen molar-refractivity contribution in [3.05, 3.63) is 45.4 Å². The SMILES string of the molecule is CN1CCC(CN(c2cnn(C)c2)S(=O)(=O)[N-]C(=O)Nc2c3c(cc4c2CCC4)CCC3)C1.[Na+]. The minimum Gasteiger partial charge on any atom is -0.423 e. The smallest absolute Gasteiger partial charge is 0.423 e. The van der Waals surface area contributed by atoms with E-state index < -0.39 is 16.2 Å². The molecule has 2 aliphatic carbocycles. The molecule has 34 heavy (non-hydrogen) atoms. The molecule has 0 saturated carbocycles. The van der Waals surface area contributed by atoms with Gasteiger partial charge in [-0.15, -0.1) is 0 Å². The van der Waals surface area contributed by atoms with Crippen molar-refractivity contribution in [3.8, 4) is 0 Å². The monoisotopic (exact) mass is 494 g/mol. The number of aromatic nitrogens is 2. The van der Waals surface area contributed by atoms with E-state index in [0.29, 0.717) is 5.69 Å². The van der Waals surface area contributed by atoms with Crippen molar-refractivity contribution in [2.24, 2.45) is 13.0 Å². The normalized spacial score (nSPS) is 19.4. The Morgan fingerprint density at radius 3 is 2.41 bits per heavy atom. The third-order valence-corrected chi connectivity index (χ3v) is 8.39. The molecule has 11 heteroatoms. The van der Waals surface area contributed by atoms with Gasteiger partial charge in [0.25, 0.3) is 10.2 Å². The van der Waals surface area contributed by atoms with E-state index in [1.54, 1.807) is 17.9 Å². The molecule has 0 spiro atoms. The minimum atomic E-state index is -4.24. The molecular formula is C23H31N6NaO3S. The van der Waals surface area contributed by atoms with Crippen LogP contribution in [0, 0.1) is 5.92 Å². The summed E-state index contributed by atoms with van der Waals surface area (Å²) in [5.74, 6) is 0.170. The summed E-state index contributed by atoms with van der Waals surface area (Å²) in [7, 11) is -0.481. The standard InChI is InChI=1S/C23H32N6O3S.Na/c1-27-10-9-16(13-27)14-29(19-12-24-28(2)15-19)33(31,32)26-23(30)25-22-20-7-3-5-17(20)11-18-6-4-8-21(18)22;/h11-12,15-16H,3-10,13-14H2,1-2H3,(H2,25,26,30);/q;+1/p-1. The maximum absolute atomic E-state index is 13.3. The van der Waals surface area contributed by atoms with Gasteiger partial charge in [-0.05, 0) is 92.4 Å². The van der Waals surface area contributed by atoms with Gasteiger partial charge in [-0.2, -0.15) is 5.10 Å². The molecule has 1 unspecified atom stereocenters. The van der Waals surface area contributed by atoms with Crippen LogP contribution in [0.25, 0.3) is 4.72 Å². The molecule has 2 amide bonds. The summed E-state index contributed by atoms with van der Waals surface area (Å²) >= 11 is 0. The molecule has 1 fully saturated rings. The van der Waals surface area contributed by atoms with Crippen LogP contribution in [0.15, 0.2) is 18.5 Å². The first-order valence-corrected chi connectivity index (χ1v) is 13.1. The van der Waals surface area contributed by atoms with Gasteiger partial charge in [-0.25, -0.2) is 8.42 Å². The number of carbonyl (C=O) groups excluding carboxylic acids is 1. The fraction of sp³-hybridized carbons (Fsp3) is 0.565. The van der Waals surface area contributed by atoms with E-state index in [1.807, 2.05) is 7.05 Å². The molecule has 1 aromatic heterocycles. The predicted molar refractivity (Wildman–Crippen MR) is 128 cm³/mol. The summed E-state index contributed by atoms with van der Waals surface area (Å²) < 4.78 is 33.1. The Labute approximate surface area is 223 Å². The van der Waals surface area contributed by atoms with Crippen molar-refractivity contribution < 1.29 is 42.8 Å². The van der Waals surface area contributed by atoms with E-state index in [9.17, 15) is 13.2 Å². The van der Waals surface area contributed by atoms with E-state index in [0.717, 1.165) is 74.8 Å². The van der Waals surface area contributed by atoms with Crippen LogP contribution in [0.3, 0.4) is 0 Å². The number of carbonyl (C=O) groups is 1. The van der Waals surface area contributed by atoms with Gasteiger partial charge in [0.2, 0.25) is 0 Å². The number of rotatable bonds is 6. The fourth-order valence-corrected chi connectivity index (χ4v) is 6.64. The molecule has 2 aromatic rings. The third kappa shape index (κ3) is 5.16. The number of urea groups is 1. The third-order valence-electron chi connectivity index (χ3n) is 7.07. The number of aryl methyl sites for hydroxylation is 3. The Morgan fingerprint density at radius 2 is 1.85 bits per heavy atom. The number of fused-ring (bicyclic) bond motifs is 2. The summed E-state index contributed by atoms with van der Waals surface area (Å²) in [6.07, 6.45) is 9.97. The second-order valence-electron chi connectivity index (χ2n) is 9.55. The molecule has 1 saturated heterocycles. The van der Waals surface area contributed by atoms with Gasteiger partial charge in [0.15, 0.2) is 6.03 Å². The van der Waals surface area contributed by atoms with Crippen LogP contribution in [-0.2, 0) is 42.9 Å². The molecule has 2 heterocycles. The Bertz CT molecular complexity index is 1150. The average molecular weight is 495 g/mol. The van der Waals surface area contributed by atoms with E-state index >= 15 is 0 Å². The molecule has 1 N–H and O–H groups in total.